The smallest absolute Gasteiger partial charge is 0.254 e. The Morgan fingerprint density at radius 2 is 2.00 bits per heavy atom. The summed E-state index contributed by atoms with van der Waals surface area (Å²) in [7, 11) is 0. The van der Waals surface area contributed by atoms with E-state index in [2.05, 4.69) is 10.4 Å². The van der Waals surface area contributed by atoms with Gasteiger partial charge in [-0.05, 0) is 31.4 Å². The number of carbonyl (C=O) groups is 1. The summed E-state index contributed by atoms with van der Waals surface area (Å²) in [5, 5.41) is 7.17. The number of para-hydroxylation sites is 1. The molecular formula is C19H25N3O2. The molecule has 128 valence electrons. The Morgan fingerprint density at radius 3 is 2.79 bits per heavy atom. The summed E-state index contributed by atoms with van der Waals surface area (Å²) < 4.78 is 7.57. The van der Waals surface area contributed by atoms with Crippen LogP contribution in [0.15, 0.2) is 42.7 Å². The van der Waals surface area contributed by atoms with Gasteiger partial charge in [0.05, 0.1) is 23.6 Å². The highest BCUT2D eigenvalue weighted by Gasteiger charge is 2.13. The number of hydrogen-bond donors (Lipinski definition) is 1. The van der Waals surface area contributed by atoms with Crippen LogP contribution in [0, 0.1) is 0 Å². The van der Waals surface area contributed by atoms with Crippen molar-refractivity contribution in [3.63, 3.8) is 0 Å². The molecule has 1 aromatic heterocycles. The lowest BCUT2D eigenvalue weighted by Crippen LogP contribution is -2.26. The van der Waals surface area contributed by atoms with Crippen LogP contribution in [0.5, 0.6) is 0 Å². The third-order valence-corrected chi connectivity index (χ3v) is 4.38. The standard InChI is InChI=1S/C19H25N3O2/c23-19(20-12-7-13-24-18-10-5-2-6-11-18)16-14-21-22(15-16)17-8-3-1-4-9-17/h1,3-4,8-9,14-15,18H,2,5-7,10-13H2,(H,20,23). The first-order valence-corrected chi connectivity index (χ1v) is 8.83. The topological polar surface area (TPSA) is 56.1 Å². The van der Waals surface area contributed by atoms with Crippen LogP contribution in [0.2, 0.25) is 0 Å². The van der Waals surface area contributed by atoms with Crippen molar-refractivity contribution in [3.05, 3.63) is 48.3 Å². The maximum absolute atomic E-state index is 12.1. The fourth-order valence-corrected chi connectivity index (χ4v) is 3.02. The number of ether oxygens (including phenoxy) is 1. The van der Waals surface area contributed by atoms with E-state index in [-0.39, 0.29) is 5.91 Å². The average Bonchev–Trinajstić information content (AvgIpc) is 3.13. The Hall–Kier alpha value is -2.14. The molecule has 0 spiro atoms. The number of hydrogen-bond acceptors (Lipinski definition) is 3. The maximum atomic E-state index is 12.1. The van der Waals surface area contributed by atoms with Crippen LogP contribution in [0.3, 0.4) is 0 Å². The van der Waals surface area contributed by atoms with Gasteiger partial charge in [-0.1, -0.05) is 37.5 Å². The van der Waals surface area contributed by atoms with Gasteiger partial charge in [-0.2, -0.15) is 5.10 Å². The van der Waals surface area contributed by atoms with Gasteiger partial charge in [-0.15, -0.1) is 0 Å². The number of rotatable bonds is 7. The van der Waals surface area contributed by atoms with Gasteiger partial charge in [-0.25, -0.2) is 4.68 Å². The van der Waals surface area contributed by atoms with Gasteiger partial charge in [0.15, 0.2) is 0 Å². The van der Waals surface area contributed by atoms with Gasteiger partial charge in [0, 0.05) is 19.3 Å². The third-order valence-electron chi connectivity index (χ3n) is 4.38. The van der Waals surface area contributed by atoms with E-state index in [1.165, 1.54) is 32.1 Å². The molecule has 1 N–H and O–H groups in total. The van der Waals surface area contributed by atoms with Gasteiger partial charge in [0.2, 0.25) is 0 Å². The minimum Gasteiger partial charge on any atom is -0.378 e. The highest BCUT2D eigenvalue weighted by molar-refractivity contribution is 5.93. The van der Waals surface area contributed by atoms with E-state index < -0.39 is 0 Å². The average molecular weight is 327 g/mol. The second-order valence-corrected chi connectivity index (χ2v) is 6.25. The molecule has 3 rings (SSSR count). The van der Waals surface area contributed by atoms with Crippen molar-refractivity contribution in [1.29, 1.82) is 0 Å². The van der Waals surface area contributed by atoms with Gasteiger partial charge in [0.1, 0.15) is 0 Å². The summed E-state index contributed by atoms with van der Waals surface area (Å²) >= 11 is 0. The molecule has 1 fully saturated rings. The monoisotopic (exact) mass is 327 g/mol. The van der Waals surface area contributed by atoms with Crippen molar-refractivity contribution in [1.82, 2.24) is 15.1 Å². The summed E-state index contributed by atoms with van der Waals surface area (Å²) in [6.07, 6.45) is 10.9. The molecule has 24 heavy (non-hydrogen) atoms. The SMILES string of the molecule is O=C(NCCCOC1CCCCC1)c1cnn(-c2ccccc2)c1. The lowest BCUT2D eigenvalue weighted by molar-refractivity contribution is 0.0273. The molecule has 5 nitrogen and oxygen atoms in total. The Bertz CT molecular complexity index is 633. The van der Waals surface area contributed by atoms with E-state index in [0.29, 0.717) is 24.8 Å². The highest BCUT2D eigenvalue weighted by atomic mass is 16.5. The van der Waals surface area contributed by atoms with E-state index >= 15 is 0 Å². The van der Waals surface area contributed by atoms with Gasteiger partial charge in [-0.3, -0.25) is 4.79 Å². The van der Waals surface area contributed by atoms with E-state index in [9.17, 15) is 4.79 Å². The highest BCUT2D eigenvalue weighted by Crippen LogP contribution is 2.20. The molecule has 1 aliphatic rings. The minimum atomic E-state index is -0.0881. The maximum Gasteiger partial charge on any atom is 0.254 e. The van der Waals surface area contributed by atoms with Crippen LogP contribution < -0.4 is 5.32 Å². The normalized spacial score (nSPS) is 15.3. The first kappa shape index (κ1) is 16.7. The molecule has 5 heteroatoms. The number of nitrogens with zero attached hydrogens (tertiary/aromatic N) is 2. The fraction of sp³-hybridized carbons (Fsp3) is 0.474. The summed E-state index contributed by atoms with van der Waals surface area (Å²) in [4.78, 5) is 12.1. The fourth-order valence-electron chi connectivity index (χ4n) is 3.02. The second kappa shape index (κ2) is 8.64. The van der Waals surface area contributed by atoms with Crippen LogP contribution in [0.1, 0.15) is 48.9 Å². The lowest BCUT2D eigenvalue weighted by Gasteiger charge is -2.21. The molecule has 1 aliphatic carbocycles. The number of benzene rings is 1. The van der Waals surface area contributed by atoms with E-state index in [0.717, 1.165) is 12.1 Å². The van der Waals surface area contributed by atoms with Crippen LogP contribution in [-0.4, -0.2) is 34.9 Å². The zero-order valence-electron chi connectivity index (χ0n) is 14.0. The number of aromatic nitrogens is 2. The first-order valence-electron chi connectivity index (χ1n) is 8.83. The molecule has 1 saturated carbocycles. The van der Waals surface area contributed by atoms with Crippen molar-refractivity contribution in [2.75, 3.05) is 13.2 Å². The zero-order chi connectivity index (χ0) is 16.6. The number of carbonyl (C=O) groups excluding carboxylic acids is 1. The molecule has 0 atom stereocenters. The minimum absolute atomic E-state index is 0.0881. The van der Waals surface area contributed by atoms with Crippen LogP contribution in [0.25, 0.3) is 5.69 Å². The lowest BCUT2D eigenvalue weighted by atomic mass is 9.98. The molecule has 1 amide bonds. The van der Waals surface area contributed by atoms with Crippen molar-refractivity contribution >= 4 is 5.91 Å². The molecule has 1 heterocycles. The Balaban J connectivity index is 1.38. The Kier molecular flexibility index (Phi) is 6.01. The van der Waals surface area contributed by atoms with Crippen LogP contribution in [-0.2, 0) is 4.74 Å². The van der Waals surface area contributed by atoms with Crippen molar-refractivity contribution in [3.8, 4) is 5.69 Å². The second-order valence-electron chi connectivity index (χ2n) is 6.25. The molecule has 0 radical (unpaired) electrons. The Morgan fingerprint density at radius 1 is 1.21 bits per heavy atom. The van der Waals surface area contributed by atoms with Gasteiger partial charge < -0.3 is 10.1 Å². The molecule has 2 aromatic rings. The predicted octanol–water partition coefficient (Wildman–Crippen LogP) is 3.34. The van der Waals surface area contributed by atoms with Crippen molar-refractivity contribution in [2.24, 2.45) is 0 Å². The van der Waals surface area contributed by atoms with Crippen LogP contribution in [0.4, 0.5) is 0 Å². The summed E-state index contributed by atoms with van der Waals surface area (Å²) in [6.45, 7) is 1.34. The zero-order valence-corrected chi connectivity index (χ0v) is 14.0. The molecule has 1 aromatic carbocycles. The Labute approximate surface area is 143 Å². The number of amides is 1. The molecule has 0 saturated heterocycles. The van der Waals surface area contributed by atoms with Gasteiger partial charge in [0.25, 0.3) is 5.91 Å². The number of nitrogens with one attached hydrogen (secondary N) is 1. The molecule has 0 aliphatic heterocycles. The molecule has 0 bridgehead atoms. The van der Waals surface area contributed by atoms with Gasteiger partial charge >= 0.3 is 0 Å². The van der Waals surface area contributed by atoms with Crippen molar-refractivity contribution in [2.45, 2.75) is 44.6 Å². The van der Waals surface area contributed by atoms with E-state index in [1.54, 1.807) is 17.1 Å². The summed E-state index contributed by atoms with van der Waals surface area (Å²) in [5.74, 6) is -0.0881. The third kappa shape index (κ3) is 4.68. The molecular weight excluding hydrogens is 302 g/mol. The largest absolute Gasteiger partial charge is 0.378 e. The predicted molar refractivity (Wildman–Crippen MR) is 93.3 cm³/mol. The van der Waals surface area contributed by atoms with Crippen molar-refractivity contribution < 1.29 is 9.53 Å². The summed E-state index contributed by atoms with van der Waals surface area (Å²) in [5.41, 5.74) is 1.52. The van der Waals surface area contributed by atoms with E-state index in [1.807, 2.05) is 30.3 Å². The quantitative estimate of drug-likeness (QED) is 0.794. The molecule has 0 unspecified atom stereocenters. The first-order chi connectivity index (χ1) is 11.8. The summed E-state index contributed by atoms with van der Waals surface area (Å²) in [6, 6.07) is 9.76. The van der Waals surface area contributed by atoms with Crippen LogP contribution >= 0.6 is 0 Å². The van der Waals surface area contributed by atoms with E-state index in [4.69, 9.17) is 4.74 Å².